The van der Waals surface area contributed by atoms with Crippen molar-refractivity contribution < 1.29 is 18.3 Å². The minimum atomic E-state index is -4.39. The molecular weight excluding hydrogens is 349 g/mol. The Hall–Kier alpha value is -2.88. The van der Waals surface area contributed by atoms with Gasteiger partial charge in [-0.25, -0.2) is 4.98 Å². The molecule has 0 amide bonds. The highest BCUT2D eigenvalue weighted by Gasteiger charge is 2.30. The standard InChI is InChI=1S/C16H17F3N6O/c1-2-25-9-21-12-13(23-15(20-7-8-26)24-14(12)25)22-11-5-3-10(4-6-11)16(17,18)19/h3-6,9,26H,2,7-8H2,1H3,(H2,20,22,23,24). The fourth-order valence-electron chi connectivity index (χ4n) is 2.39. The Morgan fingerprint density at radius 1 is 1.15 bits per heavy atom. The highest BCUT2D eigenvalue weighted by molar-refractivity contribution is 5.86. The molecule has 10 heteroatoms. The second-order valence-electron chi connectivity index (χ2n) is 5.45. The van der Waals surface area contributed by atoms with Gasteiger partial charge in [0.2, 0.25) is 5.95 Å². The summed E-state index contributed by atoms with van der Waals surface area (Å²) in [6, 6.07) is 4.65. The molecule has 0 saturated carbocycles. The molecule has 1 aromatic carbocycles. The first kappa shape index (κ1) is 17.9. The number of halogens is 3. The molecule has 0 radical (unpaired) electrons. The maximum atomic E-state index is 12.7. The summed E-state index contributed by atoms with van der Waals surface area (Å²) in [5, 5.41) is 14.8. The van der Waals surface area contributed by atoms with Crippen LogP contribution in [0.4, 0.5) is 30.6 Å². The lowest BCUT2D eigenvalue weighted by Gasteiger charge is -2.11. The van der Waals surface area contributed by atoms with Crippen molar-refractivity contribution in [1.29, 1.82) is 0 Å². The van der Waals surface area contributed by atoms with E-state index in [1.165, 1.54) is 12.1 Å². The molecule has 0 unspecified atom stereocenters. The first-order valence-corrected chi connectivity index (χ1v) is 7.94. The van der Waals surface area contributed by atoms with E-state index in [1.54, 1.807) is 6.33 Å². The Kier molecular flexibility index (Phi) is 4.94. The summed E-state index contributed by atoms with van der Waals surface area (Å²) in [5.74, 6) is 0.651. The maximum absolute atomic E-state index is 12.7. The van der Waals surface area contributed by atoms with Crippen LogP contribution in [0.2, 0.25) is 0 Å². The van der Waals surface area contributed by atoms with E-state index in [0.29, 0.717) is 29.2 Å². The quantitative estimate of drug-likeness (QED) is 0.622. The summed E-state index contributed by atoms with van der Waals surface area (Å²) >= 11 is 0. The summed E-state index contributed by atoms with van der Waals surface area (Å²) in [5.41, 5.74) is 0.798. The van der Waals surface area contributed by atoms with Crippen LogP contribution in [-0.2, 0) is 12.7 Å². The zero-order valence-corrected chi connectivity index (χ0v) is 13.9. The first-order chi connectivity index (χ1) is 12.4. The number of benzene rings is 1. The van der Waals surface area contributed by atoms with E-state index in [-0.39, 0.29) is 19.1 Å². The number of hydrogen-bond donors (Lipinski definition) is 3. The van der Waals surface area contributed by atoms with Crippen molar-refractivity contribution >= 4 is 28.6 Å². The van der Waals surface area contributed by atoms with E-state index in [1.807, 2.05) is 11.5 Å². The minimum absolute atomic E-state index is 0.0872. The Balaban J connectivity index is 1.96. The van der Waals surface area contributed by atoms with Gasteiger partial charge in [0, 0.05) is 18.8 Å². The van der Waals surface area contributed by atoms with Crippen molar-refractivity contribution in [3.63, 3.8) is 0 Å². The SMILES string of the molecule is CCn1cnc2c(Nc3ccc(C(F)(F)F)cc3)nc(NCCO)nc21. The summed E-state index contributed by atoms with van der Waals surface area (Å²) in [6.07, 6.45) is -2.77. The van der Waals surface area contributed by atoms with Crippen molar-refractivity contribution in [1.82, 2.24) is 19.5 Å². The number of alkyl halides is 3. The highest BCUT2D eigenvalue weighted by Crippen LogP contribution is 2.31. The third-order valence-electron chi connectivity index (χ3n) is 3.67. The van der Waals surface area contributed by atoms with Crippen molar-refractivity contribution in [2.24, 2.45) is 0 Å². The normalized spacial score (nSPS) is 11.7. The summed E-state index contributed by atoms with van der Waals surface area (Å²) < 4.78 is 39.9. The van der Waals surface area contributed by atoms with Gasteiger partial charge in [-0.3, -0.25) is 0 Å². The molecular formula is C16H17F3N6O. The van der Waals surface area contributed by atoms with Gasteiger partial charge in [0.1, 0.15) is 0 Å². The topological polar surface area (TPSA) is 87.9 Å². The molecule has 7 nitrogen and oxygen atoms in total. The maximum Gasteiger partial charge on any atom is 0.416 e. The molecule has 2 aromatic heterocycles. The van der Waals surface area contributed by atoms with Crippen molar-refractivity contribution in [2.45, 2.75) is 19.6 Å². The van der Waals surface area contributed by atoms with Crippen LogP contribution < -0.4 is 10.6 Å². The van der Waals surface area contributed by atoms with Crippen LogP contribution in [-0.4, -0.2) is 37.8 Å². The number of fused-ring (bicyclic) bond motifs is 1. The molecule has 2 heterocycles. The molecule has 0 aliphatic carbocycles. The number of rotatable bonds is 6. The van der Waals surface area contributed by atoms with Gasteiger partial charge in [-0.1, -0.05) is 0 Å². The van der Waals surface area contributed by atoms with Gasteiger partial charge in [0.15, 0.2) is 17.0 Å². The third-order valence-corrected chi connectivity index (χ3v) is 3.67. The van der Waals surface area contributed by atoms with Crippen LogP contribution in [0.1, 0.15) is 12.5 Å². The Labute approximate surface area is 146 Å². The van der Waals surface area contributed by atoms with Crippen LogP contribution in [0.3, 0.4) is 0 Å². The average Bonchev–Trinajstić information content (AvgIpc) is 3.03. The van der Waals surface area contributed by atoms with Gasteiger partial charge in [-0.2, -0.15) is 23.1 Å². The fraction of sp³-hybridized carbons (Fsp3) is 0.312. The Morgan fingerprint density at radius 3 is 2.50 bits per heavy atom. The van der Waals surface area contributed by atoms with Gasteiger partial charge in [0.05, 0.1) is 18.5 Å². The van der Waals surface area contributed by atoms with Crippen LogP contribution in [0, 0.1) is 0 Å². The number of nitrogens with zero attached hydrogens (tertiary/aromatic N) is 4. The van der Waals surface area contributed by atoms with Gasteiger partial charge < -0.3 is 20.3 Å². The molecule has 0 spiro atoms. The first-order valence-electron chi connectivity index (χ1n) is 7.94. The predicted octanol–water partition coefficient (Wildman–Crippen LogP) is 3.01. The lowest BCUT2D eigenvalue weighted by molar-refractivity contribution is -0.137. The monoisotopic (exact) mass is 366 g/mol. The van der Waals surface area contributed by atoms with Gasteiger partial charge >= 0.3 is 6.18 Å². The number of hydrogen-bond acceptors (Lipinski definition) is 6. The molecule has 0 atom stereocenters. The van der Waals surface area contributed by atoms with Gasteiger partial charge in [-0.15, -0.1) is 0 Å². The van der Waals surface area contributed by atoms with Crippen LogP contribution >= 0.6 is 0 Å². The minimum Gasteiger partial charge on any atom is -0.395 e. The van der Waals surface area contributed by atoms with Crippen LogP contribution in [0.25, 0.3) is 11.2 Å². The fourth-order valence-corrected chi connectivity index (χ4v) is 2.39. The number of aliphatic hydroxyl groups excluding tert-OH is 1. The van der Waals surface area contributed by atoms with E-state index in [9.17, 15) is 13.2 Å². The van der Waals surface area contributed by atoms with Crippen molar-refractivity contribution in [3.8, 4) is 0 Å². The molecule has 0 fully saturated rings. The lowest BCUT2D eigenvalue weighted by Crippen LogP contribution is -2.10. The summed E-state index contributed by atoms with van der Waals surface area (Å²) in [7, 11) is 0. The summed E-state index contributed by atoms with van der Waals surface area (Å²) in [6.45, 7) is 2.77. The number of aromatic nitrogens is 4. The number of aryl methyl sites for hydroxylation is 1. The molecule has 3 N–H and O–H groups in total. The Morgan fingerprint density at radius 2 is 1.88 bits per heavy atom. The van der Waals surface area contributed by atoms with E-state index in [4.69, 9.17) is 5.11 Å². The van der Waals surface area contributed by atoms with Gasteiger partial charge in [0.25, 0.3) is 0 Å². The zero-order chi connectivity index (χ0) is 18.7. The molecule has 3 aromatic rings. The second-order valence-corrected chi connectivity index (χ2v) is 5.45. The summed E-state index contributed by atoms with van der Waals surface area (Å²) in [4.78, 5) is 13.0. The van der Waals surface area contributed by atoms with E-state index in [0.717, 1.165) is 12.1 Å². The predicted molar refractivity (Wildman–Crippen MR) is 91.3 cm³/mol. The van der Waals surface area contributed by atoms with Crippen LogP contribution in [0.15, 0.2) is 30.6 Å². The largest absolute Gasteiger partial charge is 0.416 e. The van der Waals surface area contributed by atoms with E-state index >= 15 is 0 Å². The molecule has 0 aliphatic rings. The second kappa shape index (κ2) is 7.16. The third kappa shape index (κ3) is 3.69. The molecule has 0 bridgehead atoms. The Bertz CT molecular complexity index is 891. The number of nitrogens with one attached hydrogen (secondary N) is 2. The van der Waals surface area contributed by atoms with Crippen molar-refractivity contribution in [2.75, 3.05) is 23.8 Å². The molecule has 26 heavy (non-hydrogen) atoms. The highest BCUT2D eigenvalue weighted by atomic mass is 19.4. The molecule has 138 valence electrons. The van der Waals surface area contributed by atoms with E-state index < -0.39 is 11.7 Å². The molecule has 0 aliphatic heterocycles. The smallest absolute Gasteiger partial charge is 0.395 e. The molecule has 0 saturated heterocycles. The van der Waals surface area contributed by atoms with Crippen LogP contribution in [0.5, 0.6) is 0 Å². The number of anilines is 3. The van der Waals surface area contributed by atoms with E-state index in [2.05, 4.69) is 25.6 Å². The van der Waals surface area contributed by atoms with Crippen molar-refractivity contribution in [3.05, 3.63) is 36.2 Å². The zero-order valence-electron chi connectivity index (χ0n) is 13.9. The lowest BCUT2D eigenvalue weighted by atomic mass is 10.2. The number of imidazole rings is 1. The average molecular weight is 366 g/mol. The van der Waals surface area contributed by atoms with Gasteiger partial charge in [-0.05, 0) is 31.2 Å². The molecule has 3 rings (SSSR count). The number of aliphatic hydroxyl groups is 1.